The fourth-order valence-corrected chi connectivity index (χ4v) is 0.687. The zero-order valence-corrected chi connectivity index (χ0v) is 9.42. The fraction of sp³-hybridized carbons (Fsp3) is 0.286. The van der Waals surface area contributed by atoms with Crippen molar-refractivity contribution in [2.75, 3.05) is 0 Å². The van der Waals surface area contributed by atoms with Crippen molar-refractivity contribution in [3.63, 3.8) is 0 Å². The van der Waals surface area contributed by atoms with Gasteiger partial charge in [-0.15, -0.1) is 34.0 Å². The first kappa shape index (κ1) is 12.8. The van der Waals surface area contributed by atoms with Crippen LogP contribution < -0.4 is 0 Å². The summed E-state index contributed by atoms with van der Waals surface area (Å²) in [5, 5.41) is 0. The van der Waals surface area contributed by atoms with Crippen molar-refractivity contribution in [1.82, 2.24) is 4.98 Å². The third-order valence-corrected chi connectivity index (χ3v) is 1.05. The molecule has 0 aliphatic carbocycles. The topological polar surface area (TPSA) is 12.9 Å². The number of pyridine rings is 1. The Hall–Kier alpha value is 0.110. The summed E-state index contributed by atoms with van der Waals surface area (Å²) < 4.78 is 0. The monoisotopic (exact) mass is 267 g/mol. The lowest BCUT2D eigenvalue weighted by Crippen LogP contribution is -1.78. The summed E-state index contributed by atoms with van der Waals surface area (Å²) in [7, 11) is 0. The number of aryl methyl sites for hydroxylation is 2. The molecular formula is C7H11Br2N. The highest BCUT2D eigenvalue weighted by Crippen LogP contribution is 1.95. The van der Waals surface area contributed by atoms with Crippen LogP contribution in [0.2, 0.25) is 0 Å². The highest BCUT2D eigenvalue weighted by Gasteiger charge is 1.82. The van der Waals surface area contributed by atoms with Crippen molar-refractivity contribution in [3.8, 4) is 0 Å². The van der Waals surface area contributed by atoms with E-state index >= 15 is 0 Å². The Morgan fingerprint density at radius 3 is 2.10 bits per heavy atom. The summed E-state index contributed by atoms with van der Waals surface area (Å²) in [5.41, 5.74) is 2.36. The normalized spacial score (nSPS) is 7.40. The van der Waals surface area contributed by atoms with Crippen LogP contribution in [0.5, 0.6) is 0 Å². The van der Waals surface area contributed by atoms with Gasteiger partial charge >= 0.3 is 0 Å². The summed E-state index contributed by atoms with van der Waals surface area (Å²) in [6.45, 7) is 4.06. The van der Waals surface area contributed by atoms with Gasteiger partial charge in [-0.2, -0.15) is 0 Å². The largest absolute Gasteiger partial charge is 0.262 e. The smallest absolute Gasteiger partial charge is 0.0375 e. The first-order valence-corrected chi connectivity index (χ1v) is 2.68. The van der Waals surface area contributed by atoms with Crippen molar-refractivity contribution in [3.05, 3.63) is 29.6 Å². The van der Waals surface area contributed by atoms with E-state index in [1.165, 1.54) is 5.56 Å². The Morgan fingerprint density at radius 1 is 1.20 bits per heavy atom. The maximum atomic E-state index is 4.04. The van der Waals surface area contributed by atoms with Gasteiger partial charge in [0.05, 0.1) is 0 Å². The number of aromatic nitrogens is 1. The van der Waals surface area contributed by atoms with E-state index in [1.54, 1.807) is 0 Å². The fourth-order valence-electron chi connectivity index (χ4n) is 0.687. The predicted molar refractivity (Wildman–Crippen MR) is 54.4 cm³/mol. The number of halogens is 2. The van der Waals surface area contributed by atoms with E-state index in [-0.39, 0.29) is 34.0 Å². The van der Waals surface area contributed by atoms with E-state index in [0.29, 0.717) is 0 Å². The molecular weight excluding hydrogens is 258 g/mol. The van der Waals surface area contributed by atoms with Crippen LogP contribution in [0.25, 0.3) is 0 Å². The SMILES string of the molecule is Br.Br.Cc1ccnc(C)c1. The Labute approximate surface area is 82.4 Å². The van der Waals surface area contributed by atoms with Crippen LogP contribution in [-0.4, -0.2) is 4.98 Å². The van der Waals surface area contributed by atoms with Crippen molar-refractivity contribution in [2.24, 2.45) is 0 Å². The van der Waals surface area contributed by atoms with Gasteiger partial charge in [-0.05, 0) is 31.5 Å². The van der Waals surface area contributed by atoms with Crippen LogP contribution in [0, 0.1) is 13.8 Å². The zero-order chi connectivity index (χ0) is 5.98. The summed E-state index contributed by atoms with van der Waals surface area (Å²) in [4.78, 5) is 4.04. The molecule has 0 bridgehead atoms. The molecule has 0 aromatic carbocycles. The second kappa shape index (κ2) is 5.86. The maximum Gasteiger partial charge on any atom is 0.0375 e. The minimum atomic E-state index is 0. The molecule has 1 rings (SSSR count). The van der Waals surface area contributed by atoms with Gasteiger partial charge in [-0.1, -0.05) is 0 Å². The third kappa shape index (κ3) is 4.01. The summed E-state index contributed by atoms with van der Waals surface area (Å²) in [6, 6.07) is 4.05. The number of nitrogens with zero attached hydrogens (tertiary/aromatic N) is 1. The van der Waals surface area contributed by atoms with Gasteiger partial charge in [0.15, 0.2) is 0 Å². The lowest BCUT2D eigenvalue weighted by atomic mass is 10.3. The standard InChI is InChI=1S/C7H9N.2BrH/c1-6-3-4-8-7(2)5-6;;/h3-5H,1-2H3;2*1H. The Kier molecular flexibility index (Phi) is 7.48. The Morgan fingerprint density at radius 2 is 1.80 bits per heavy atom. The first-order valence-electron chi connectivity index (χ1n) is 2.68. The predicted octanol–water partition coefficient (Wildman–Crippen LogP) is 2.85. The minimum Gasteiger partial charge on any atom is -0.262 e. The van der Waals surface area contributed by atoms with Crippen LogP contribution in [-0.2, 0) is 0 Å². The molecule has 10 heavy (non-hydrogen) atoms. The molecule has 0 fully saturated rings. The summed E-state index contributed by atoms with van der Waals surface area (Å²) >= 11 is 0. The van der Waals surface area contributed by atoms with Crippen LogP contribution in [0.4, 0.5) is 0 Å². The third-order valence-electron chi connectivity index (χ3n) is 1.05. The molecule has 1 aromatic heterocycles. The van der Waals surface area contributed by atoms with Gasteiger partial charge < -0.3 is 0 Å². The molecule has 0 saturated heterocycles. The number of hydrogen-bond acceptors (Lipinski definition) is 1. The highest BCUT2D eigenvalue weighted by atomic mass is 79.9. The zero-order valence-electron chi connectivity index (χ0n) is 6.00. The van der Waals surface area contributed by atoms with Crippen molar-refractivity contribution in [2.45, 2.75) is 13.8 Å². The second-order valence-corrected chi connectivity index (χ2v) is 1.97. The number of hydrogen-bond donors (Lipinski definition) is 0. The molecule has 0 N–H and O–H groups in total. The van der Waals surface area contributed by atoms with Crippen LogP contribution in [0.15, 0.2) is 18.3 Å². The Balaban J connectivity index is 0. The van der Waals surface area contributed by atoms with Crippen LogP contribution >= 0.6 is 34.0 Å². The molecule has 1 aromatic rings. The molecule has 0 spiro atoms. The van der Waals surface area contributed by atoms with E-state index in [1.807, 2.05) is 19.2 Å². The van der Waals surface area contributed by atoms with Gasteiger partial charge in [0.25, 0.3) is 0 Å². The van der Waals surface area contributed by atoms with Crippen LogP contribution in [0.3, 0.4) is 0 Å². The van der Waals surface area contributed by atoms with Crippen LogP contribution in [0.1, 0.15) is 11.3 Å². The maximum absolute atomic E-state index is 4.04. The van der Waals surface area contributed by atoms with E-state index in [0.717, 1.165) is 5.69 Å². The molecule has 3 heteroatoms. The molecule has 0 aliphatic heterocycles. The number of rotatable bonds is 0. The van der Waals surface area contributed by atoms with E-state index in [4.69, 9.17) is 0 Å². The van der Waals surface area contributed by atoms with Crippen molar-refractivity contribution < 1.29 is 0 Å². The first-order chi connectivity index (χ1) is 3.79. The van der Waals surface area contributed by atoms with Crippen molar-refractivity contribution >= 4 is 34.0 Å². The van der Waals surface area contributed by atoms with Gasteiger partial charge in [0, 0.05) is 11.9 Å². The van der Waals surface area contributed by atoms with Crippen molar-refractivity contribution in [1.29, 1.82) is 0 Å². The average Bonchev–Trinajstić information content (AvgIpc) is 1.64. The lowest BCUT2D eigenvalue weighted by molar-refractivity contribution is 1.18. The molecule has 1 nitrogen and oxygen atoms in total. The van der Waals surface area contributed by atoms with Gasteiger partial charge in [-0.3, -0.25) is 4.98 Å². The molecule has 58 valence electrons. The molecule has 0 radical (unpaired) electrons. The van der Waals surface area contributed by atoms with Gasteiger partial charge in [-0.25, -0.2) is 0 Å². The molecule has 0 saturated carbocycles. The van der Waals surface area contributed by atoms with E-state index in [9.17, 15) is 0 Å². The van der Waals surface area contributed by atoms with Gasteiger partial charge in [0.2, 0.25) is 0 Å². The molecule has 0 unspecified atom stereocenters. The molecule has 0 aliphatic rings. The lowest BCUT2D eigenvalue weighted by Gasteiger charge is -1.90. The van der Waals surface area contributed by atoms with Gasteiger partial charge in [0.1, 0.15) is 0 Å². The second-order valence-electron chi connectivity index (χ2n) is 1.97. The summed E-state index contributed by atoms with van der Waals surface area (Å²) in [5.74, 6) is 0. The average molecular weight is 269 g/mol. The summed E-state index contributed by atoms with van der Waals surface area (Å²) in [6.07, 6.45) is 1.82. The Bertz CT molecular complexity index is 171. The quantitative estimate of drug-likeness (QED) is 0.705. The minimum absolute atomic E-state index is 0. The molecule has 0 atom stereocenters. The van der Waals surface area contributed by atoms with E-state index in [2.05, 4.69) is 18.0 Å². The molecule has 0 amide bonds. The van der Waals surface area contributed by atoms with E-state index < -0.39 is 0 Å². The molecule has 1 heterocycles. The highest BCUT2D eigenvalue weighted by molar-refractivity contribution is 8.93.